The van der Waals surface area contributed by atoms with Crippen molar-refractivity contribution in [2.24, 2.45) is 9.98 Å². The van der Waals surface area contributed by atoms with Crippen LogP contribution < -0.4 is 0 Å². The second-order valence-corrected chi connectivity index (χ2v) is 6.61. The maximum atomic E-state index is 14.0. The SMILES string of the molecule is CN1CC2=C(N=C1F)N(C)CCC2=Nc1ccc(I)cc1F. The molecular weight excluding hydrogens is 401 g/mol. The largest absolute Gasteiger partial charge is 0.359 e. The number of aliphatic imine (C=N–C) groups is 2. The van der Waals surface area contributed by atoms with Crippen molar-refractivity contribution in [3.8, 4) is 0 Å². The lowest BCUT2D eigenvalue weighted by Crippen LogP contribution is -2.39. The van der Waals surface area contributed by atoms with Gasteiger partial charge in [-0.3, -0.25) is 0 Å². The van der Waals surface area contributed by atoms with Crippen LogP contribution in [0.25, 0.3) is 0 Å². The summed E-state index contributed by atoms with van der Waals surface area (Å²) in [5.74, 6) is 0.242. The van der Waals surface area contributed by atoms with Crippen molar-refractivity contribution in [1.29, 1.82) is 0 Å². The van der Waals surface area contributed by atoms with Gasteiger partial charge in [0, 0.05) is 36.2 Å². The van der Waals surface area contributed by atoms with E-state index in [1.54, 1.807) is 13.1 Å². The molecule has 2 heterocycles. The predicted molar refractivity (Wildman–Crippen MR) is 91.7 cm³/mol. The van der Waals surface area contributed by atoms with Gasteiger partial charge in [-0.05, 0) is 40.8 Å². The number of benzene rings is 1. The summed E-state index contributed by atoms with van der Waals surface area (Å²) < 4.78 is 28.5. The number of likely N-dealkylation sites (N-methyl/N-ethyl adjacent to an activating group) is 1. The van der Waals surface area contributed by atoms with Crippen molar-refractivity contribution in [1.82, 2.24) is 9.80 Å². The Morgan fingerprint density at radius 3 is 2.73 bits per heavy atom. The minimum absolute atomic E-state index is 0.310. The van der Waals surface area contributed by atoms with Crippen LogP contribution in [0.3, 0.4) is 0 Å². The summed E-state index contributed by atoms with van der Waals surface area (Å²) in [7, 11) is 3.51. The van der Waals surface area contributed by atoms with Crippen molar-refractivity contribution in [3.05, 3.63) is 39.0 Å². The lowest BCUT2D eigenvalue weighted by Gasteiger charge is -2.34. The summed E-state index contributed by atoms with van der Waals surface area (Å²) in [5.41, 5.74) is 1.94. The molecule has 3 rings (SSSR count). The van der Waals surface area contributed by atoms with E-state index >= 15 is 0 Å². The molecule has 2 aliphatic heterocycles. The van der Waals surface area contributed by atoms with Crippen LogP contribution in [0.15, 0.2) is 39.6 Å². The average molecular weight is 416 g/mol. The van der Waals surface area contributed by atoms with Gasteiger partial charge in [0.25, 0.3) is 6.09 Å². The third-order valence-corrected chi connectivity index (χ3v) is 4.41. The lowest BCUT2D eigenvalue weighted by atomic mass is 10.0. The monoisotopic (exact) mass is 416 g/mol. The molecule has 0 aromatic heterocycles. The van der Waals surface area contributed by atoms with Gasteiger partial charge in [-0.25, -0.2) is 9.38 Å². The molecule has 1 aromatic carbocycles. The standard InChI is InChI=1S/C15H15F2IN4/c1-21-6-5-12(10-8-22(2)15(17)20-14(10)21)19-13-4-3-9(18)7-11(13)16/h3-4,7H,5-6,8H2,1-2H3. The highest BCUT2D eigenvalue weighted by molar-refractivity contribution is 14.1. The molecule has 0 saturated carbocycles. The number of hydrogen-bond acceptors (Lipinski definition) is 4. The Kier molecular flexibility index (Phi) is 4.16. The number of hydrogen-bond donors (Lipinski definition) is 0. The number of nitrogens with zero attached hydrogens (tertiary/aromatic N) is 4. The second-order valence-electron chi connectivity index (χ2n) is 5.36. The molecule has 0 unspecified atom stereocenters. The zero-order valence-electron chi connectivity index (χ0n) is 12.3. The summed E-state index contributed by atoms with van der Waals surface area (Å²) in [4.78, 5) is 11.8. The number of amidine groups is 1. The fraction of sp³-hybridized carbons (Fsp3) is 0.333. The van der Waals surface area contributed by atoms with Crippen molar-refractivity contribution in [2.45, 2.75) is 6.42 Å². The normalized spacial score (nSPS) is 20.4. The van der Waals surface area contributed by atoms with E-state index in [0.29, 0.717) is 31.0 Å². The van der Waals surface area contributed by atoms with Gasteiger partial charge >= 0.3 is 0 Å². The Balaban J connectivity index is 2.05. The molecule has 0 fully saturated rings. The maximum Gasteiger partial charge on any atom is 0.287 e. The van der Waals surface area contributed by atoms with Crippen LogP contribution in [0.2, 0.25) is 0 Å². The fourth-order valence-electron chi connectivity index (χ4n) is 2.52. The topological polar surface area (TPSA) is 31.2 Å². The van der Waals surface area contributed by atoms with Crippen LogP contribution >= 0.6 is 22.6 Å². The van der Waals surface area contributed by atoms with Crippen molar-refractivity contribution in [2.75, 3.05) is 27.2 Å². The first-order chi connectivity index (χ1) is 10.5. The molecule has 7 heteroatoms. The molecule has 0 saturated heterocycles. The Labute approximate surface area is 141 Å². The summed E-state index contributed by atoms with van der Waals surface area (Å²) in [6, 6.07) is 4.94. The second kappa shape index (κ2) is 5.94. The van der Waals surface area contributed by atoms with E-state index in [1.807, 2.05) is 18.0 Å². The van der Waals surface area contributed by atoms with Crippen LogP contribution in [-0.2, 0) is 0 Å². The molecule has 0 aliphatic carbocycles. The maximum absolute atomic E-state index is 14.0. The molecule has 0 atom stereocenters. The summed E-state index contributed by atoms with van der Waals surface area (Å²) >= 11 is 2.06. The molecule has 22 heavy (non-hydrogen) atoms. The average Bonchev–Trinajstić information content (AvgIpc) is 2.47. The third kappa shape index (κ3) is 2.86. The first-order valence-electron chi connectivity index (χ1n) is 6.88. The molecule has 0 radical (unpaired) electrons. The predicted octanol–water partition coefficient (Wildman–Crippen LogP) is 3.32. The molecular formula is C15H15F2IN4. The van der Waals surface area contributed by atoms with Crippen LogP contribution in [-0.4, -0.2) is 48.8 Å². The van der Waals surface area contributed by atoms with Crippen molar-refractivity contribution < 1.29 is 8.78 Å². The highest BCUT2D eigenvalue weighted by Gasteiger charge is 2.28. The third-order valence-electron chi connectivity index (χ3n) is 3.74. The Morgan fingerprint density at radius 2 is 2.00 bits per heavy atom. The summed E-state index contributed by atoms with van der Waals surface area (Å²) in [6.45, 7) is 1.07. The van der Waals surface area contributed by atoms with E-state index in [9.17, 15) is 8.78 Å². The van der Waals surface area contributed by atoms with E-state index in [4.69, 9.17) is 0 Å². The van der Waals surface area contributed by atoms with Gasteiger partial charge < -0.3 is 9.80 Å². The highest BCUT2D eigenvalue weighted by atomic mass is 127. The minimum Gasteiger partial charge on any atom is -0.359 e. The van der Waals surface area contributed by atoms with E-state index in [2.05, 4.69) is 32.6 Å². The highest BCUT2D eigenvalue weighted by Crippen LogP contribution is 2.28. The van der Waals surface area contributed by atoms with E-state index < -0.39 is 6.09 Å². The molecule has 0 spiro atoms. The van der Waals surface area contributed by atoms with Crippen LogP contribution in [0.5, 0.6) is 0 Å². The van der Waals surface area contributed by atoms with E-state index in [-0.39, 0.29) is 5.82 Å². The van der Waals surface area contributed by atoms with Gasteiger partial charge in [0.2, 0.25) is 0 Å². The zero-order valence-corrected chi connectivity index (χ0v) is 14.4. The summed E-state index contributed by atoms with van der Waals surface area (Å²) in [5, 5.41) is 0. The number of rotatable bonds is 1. The first kappa shape index (κ1) is 15.4. The zero-order chi connectivity index (χ0) is 15.9. The smallest absolute Gasteiger partial charge is 0.287 e. The molecule has 0 amide bonds. The molecule has 2 aliphatic rings. The van der Waals surface area contributed by atoms with E-state index in [1.165, 1.54) is 11.0 Å². The van der Waals surface area contributed by atoms with Crippen molar-refractivity contribution in [3.63, 3.8) is 0 Å². The molecule has 0 bridgehead atoms. The lowest BCUT2D eigenvalue weighted by molar-refractivity contribution is 0.379. The first-order valence-corrected chi connectivity index (χ1v) is 7.96. The van der Waals surface area contributed by atoms with Crippen molar-refractivity contribution >= 4 is 40.1 Å². The van der Waals surface area contributed by atoms with Gasteiger partial charge in [-0.1, -0.05) is 0 Å². The van der Waals surface area contributed by atoms with E-state index in [0.717, 1.165) is 14.9 Å². The molecule has 116 valence electrons. The minimum atomic E-state index is -0.507. The molecule has 1 aromatic rings. The fourth-order valence-corrected chi connectivity index (χ4v) is 2.97. The van der Waals surface area contributed by atoms with Gasteiger partial charge in [0.05, 0.1) is 17.9 Å². The van der Waals surface area contributed by atoms with Gasteiger partial charge in [-0.15, -0.1) is 0 Å². The Bertz CT molecular complexity index is 711. The van der Waals surface area contributed by atoms with Crippen LogP contribution in [0, 0.1) is 9.39 Å². The summed E-state index contributed by atoms with van der Waals surface area (Å²) in [6.07, 6.45) is 0.179. The van der Waals surface area contributed by atoms with Crippen LogP contribution in [0.1, 0.15) is 6.42 Å². The van der Waals surface area contributed by atoms with Crippen LogP contribution in [0.4, 0.5) is 14.5 Å². The number of halogens is 3. The van der Waals surface area contributed by atoms with Gasteiger partial charge in [-0.2, -0.15) is 9.38 Å². The Morgan fingerprint density at radius 1 is 1.23 bits per heavy atom. The molecule has 0 N–H and O–H groups in total. The molecule has 4 nitrogen and oxygen atoms in total. The Hall–Kier alpha value is -1.51. The van der Waals surface area contributed by atoms with Gasteiger partial charge in [0.15, 0.2) is 0 Å². The van der Waals surface area contributed by atoms with Gasteiger partial charge in [0.1, 0.15) is 11.6 Å². The quantitative estimate of drug-likeness (QED) is 0.520.